The smallest absolute Gasteiger partial charge is 0.326 e. The van der Waals surface area contributed by atoms with Gasteiger partial charge in [-0.1, -0.05) is 13.8 Å². The predicted molar refractivity (Wildman–Crippen MR) is 231 cm³/mol. The normalized spacial score (nSPS) is 20.4. The number of ether oxygens (including phenoxy) is 1. The third kappa shape index (κ3) is 19.1. The number of hydrogen-bond donors (Lipinski definition) is 17. The third-order valence-electron chi connectivity index (χ3n) is 10.1. The van der Waals surface area contributed by atoms with Crippen molar-refractivity contribution in [1.29, 1.82) is 0 Å². The number of rotatable bonds is 28. The van der Waals surface area contributed by atoms with E-state index in [1.807, 2.05) is 5.32 Å². The van der Waals surface area contributed by atoms with E-state index in [2.05, 4.69) is 46.9 Å². The first-order valence-corrected chi connectivity index (χ1v) is 21.1. The average molecular weight is 971 g/mol. The van der Waals surface area contributed by atoms with Gasteiger partial charge in [0.05, 0.1) is 31.8 Å². The maximum Gasteiger partial charge on any atom is 0.326 e. The van der Waals surface area contributed by atoms with E-state index in [1.54, 1.807) is 13.8 Å². The van der Waals surface area contributed by atoms with E-state index >= 15 is 0 Å². The number of guanidine groups is 1. The van der Waals surface area contributed by atoms with E-state index in [1.165, 1.54) is 12.5 Å². The van der Waals surface area contributed by atoms with Crippen molar-refractivity contribution in [2.45, 2.75) is 133 Å². The fourth-order valence-electron chi connectivity index (χ4n) is 6.44. The molecule has 0 bridgehead atoms. The minimum Gasteiger partial charge on any atom is -0.481 e. The number of aliphatic imine (C=N–C) groups is 1. The van der Waals surface area contributed by atoms with Crippen LogP contribution in [0.25, 0.3) is 0 Å². The number of carboxylic acids is 2. The molecule has 0 saturated carbocycles. The van der Waals surface area contributed by atoms with Crippen LogP contribution >= 0.6 is 0 Å². The number of aromatic amines is 1. The van der Waals surface area contributed by atoms with Gasteiger partial charge in [0.15, 0.2) is 12.2 Å². The first kappa shape index (κ1) is 57.1. The summed E-state index contributed by atoms with van der Waals surface area (Å²) in [5.74, 6) is -12.5. The summed E-state index contributed by atoms with van der Waals surface area (Å²) in [5.41, 5.74) is 22.4. The maximum absolute atomic E-state index is 14.4. The zero-order valence-corrected chi connectivity index (χ0v) is 37.4. The number of hydrogen-bond acceptors (Lipinski definition) is 17. The summed E-state index contributed by atoms with van der Waals surface area (Å²) in [6.07, 6.45) is -7.95. The quantitative estimate of drug-likeness (QED) is 0.0211. The van der Waals surface area contributed by atoms with Gasteiger partial charge in [0.2, 0.25) is 47.3 Å². The second kappa shape index (κ2) is 27.6. The Morgan fingerprint density at radius 1 is 0.779 bits per heavy atom. The van der Waals surface area contributed by atoms with Crippen molar-refractivity contribution in [3.8, 4) is 0 Å². The van der Waals surface area contributed by atoms with E-state index in [0.29, 0.717) is 5.69 Å². The van der Waals surface area contributed by atoms with Crippen LogP contribution in [0.1, 0.15) is 65.0 Å². The van der Waals surface area contributed by atoms with Crippen LogP contribution in [-0.4, -0.2) is 181 Å². The molecule has 21 N–H and O–H groups in total. The molecular formula is C38H62N14O16. The molecule has 1 aliphatic heterocycles. The van der Waals surface area contributed by atoms with E-state index in [4.69, 9.17) is 32.8 Å². The van der Waals surface area contributed by atoms with Gasteiger partial charge < -0.3 is 95.4 Å². The lowest BCUT2D eigenvalue weighted by Crippen LogP contribution is -2.68. The topological polar surface area (TPSA) is 510 Å². The first-order valence-electron chi connectivity index (χ1n) is 21.1. The number of carbonyl (C=O) groups excluding carboxylic acids is 8. The largest absolute Gasteiger partial charge is 0.481 e. The van der Waals surface area contributed by atoms with Crippen LogP contribution in [0.3, 0.4) is 0 Å². The van der Waals surface area contributed by atoms with Crippen LogP contribution in [-0.2, 0) is 59.1 Å². The highest BCUT2D eigenvalue weighted by Crippen LogP contribution is 2.20. The summed E-state index contributed by atoms with van der Waals surface area (Å²) < 4.78 is 5.55. The van der Waals surface area contributed by atoms with Crippen molar-refractivity contribution in [1.82, 2.24) is 47.2 Å². The molecule has 1 aromatic rings. The molecule has 0 radical (unpaired) electrons. The van der Waals surface area contributed by atoms with Gasteiger partial charge >= 0.3 is 11.9 Å². The van der Waals surface area contributed by atoms with Gasteiger partial charge in [-0.15, -0.1) is 0 Å². The molecule has 1 aromatic heterocycles. The van der Waals surface area contributed by atoms with Crippen LogP contribution < -0.4 is 60.2 Å². The predicted octanol–water partition coefficient (Wildman–Crippen LogP) is -8.31. The molecule has 11 atom stereocenters. The zero-order chi connectivity index (χ0) is 51.4. The molecular weight excluding hydrogens is 908 g/mol. The number of H-pyrrole nitrogens is 1. The van der Waals surface area contributed by atoms with Crippen LogP contribution in [0.5, 0.6) is 0 Å². The summed E-state index contributed by atoms with van der Waals surface area (Å²) in [4.78, 5) is 140. The monoisotopic (exact) mass is 970 g/mol. The van der Waals surface area contributed by atoms with Gasteiger partial charge in [-0.2, -0.15) is 0 Å². The molecule has 30 heteroatoms. The lowest BCUT2D eigenvalue weighted by Gasteiger charge is -2.42. The third-order valence-corrected chi connectivity index (χ3v) is 10.1. The molecule has 380 valence electrons. The Labute approximate surface area is 387 Å². The van der Waals surface area contributed by atoms with Crippen molar-refractivity contribution < 1.29 is 78.2 Å². The van der Waals surface area contributed by atoms with Crippen molar-refractivity contribution in [3.05, 3.63) is 18.2 Å². The van der Waals surface area contributed by atoms with Crippen molar-refractivity contribution in [2.24, 2.45) is 33.8 Å². The summed E-state index contributed by atoms with van der Waals surface area (Å²) >= 11 is 0. The average Bonchev–Trinajstić information content (AvgIpc) is 3.77. The Bertz CT molecular complexity index is 1970. The Hall–Kier alpha value is -7.02. The molecule has 1 saturated heterocycles. The number of carboxylic acid groups (broad SMARTS) is 2. The van der Waals surface area contributed by atoms with Crippen LogP contribution in [0.4, 0.5) is 0 Å². The van der Waals surface area contributed by atoms with E-state index in [-0.39, 0.29) is 31.8 Å². The molecule has 2 rings (SSSR count). The van der Waals surface area contributed by atoms with Gasteiger partial charge in [0, 0.05) is 38.2 Å². The van der Waals surface area contributed by atoms with Crippen LogP contribution in [0.2, 0.25) is 0 Å². The minimum atomic E-state index is -1.99. The van der Waals surface area contributed by atoms with Crippen molar-refractivity contribution >= 4 is 65.2 Å². The summed E-state index contributed by atoms with van der Waals surface area (Å²) in [6.45, 7) is 3.35. The van der Waals surface area contributed by atoms with Crippen LogP contribution in [0.15, 0.2) is 17.5 Å². The lowest BCUT2D eigenvalue weighted by atomic mass is 9.95. The van der Waals surface area contributed by atoms with Gasteiger partial charge in [-0.25, -0.2) is 9.78 Å². The van der Waals surface area contributed by atoms with Crippen molar-refractivity contribution in [2.75, 3.05) is 13.2 Å². The maximum atomic E-state index is 14.4. The second-order valence-electron chi connectivity index (χ2n) is 16.0. The highest BCUT2D eigenvalue weighted by atomic mass is 16.5. The van der Waals surface area contributed by atoms with Gasteiger partial charge in [-0.3, -0.25) is 48.1 Å². The molecule has 2 heterocycles. The zero-order valence-electron chi connectivity index (χ0n) is 37.4. The highest BCUT2D eigenvalue weighted by molar-refractivity contribution is 5.98. The fraction of sp³-hybridized carbons (Fsp3) is 0.632. The molecule has 1 aliphatic rings. The number of aliphatic carboxylic acids is 2. The fourth-order valence-corrected chi connectivity index (χ4v) is 6.44. The lowest BCUT2D eigenvalue weighted by molar-refractivity contribution is -0.203. The SMILES string of the molecule is CC(=O)N[C@@H]1[C@@H](O)[C@H](O)[C@@H](CO)O[C@H]1NC(=O)C[C@H](NC(=O)[C@H](Cc1cnc[nH]1)NC(=O)[C@@H](N)C(C)C)C(=O)N[C@@H](CCCN=C(N)N)C(=O)N[C@@H](CCC(N)=O)C(=O)N[C@@H](CC(=O)O)C(=O)O. The Morgan fingerprint density at radius 2 is 1.34 bits per heavy atom. The van der Waals surface area contributed by atoms with Gasteiger partial charge in [-0.05, 0) is 25.2 Å². The summed E-state index contributed by atoms with van der Waals surface area (Å²) in [5, 5.41) is 65.7. The summed E-state index contributed by atoms with van der Waals surface area (Å²) in [7, 11) is 0. The number of imidazole rings is 1. The first-order chi connectivity index (χ1) is 31.8. The standard InChI is InChI=1S/C38H62N14O16/c1-15(2)27(40)35(65)50-20(9-17-12-43-14-45-17)33(63)49-21(10-25(56)52-36-28(46-16(3)54)30(60)29(59)23(13-53)68-36)34(64)47-18(5-4-8-44-38(41)42)31(61)48-19(6-7-24(39)55)32(62)51-22(37(66)67)11-26(57)58/h12,14-15,18-23,27-30,36,53,59-60H,4-11,13,40H2,1-3H3,(H2,39,55)(H,43,45)(H,46,54)(H,47,64)(H,48,61)(H,49,63)(H,50,65)(H,51,62)(H,52,56)(H,57,58)(H,66,67)(H4,41,42,44)/t18-,19-,20-,21-,22-,23+,27-,28+,29+,30+,36+/m0/s1. The molecule has 1 fully saturated rings. The van der Waals surface area contributed by atoms with Crippen molar-refractivity contribution in [3.63, 3.8) is 0 Å². The van der Waals surface area contributed by atoms with Gasteiger partial charge in [0.25, 0.3) is 0 Å². The van der Waals surface area contributed by atoms with E-state index in [9.17, 15) is 68.4 Å². The minimum absolute atomic E-state index is 0.0657. The molecule has 0 aromatic carbocycles. The number of nitrogens with one attached hydrogen (secondary N) is 8. The summed E-state index contributed by atoms with van der Waals surface area (Å²) in [6, 6.07) is -11.6. The number of nitrogens with two attached hydrogens (primary N) is 4. The molecule has 30 nitrogen and oxygen atoms in total. The second-order valence-corrected chi connectivity index (χ2v) is 16.0. The van der Waals surface area contributed by atoms with E-state index < -0.39 is 164 Å². The Balaban J connectivity index is 2.63. The number of primary amides is 1. The van der Waals surface area contributed by atoms with Gasteiger partial charge in [0.1, 0.15) is 54.6 Å². The number of amides is 8. The number of aromatic nitrogens is 2. The van der Waals surface area contributed by atoms with Crippen LogP contribution in [0, 0.1) is 5.92 Å². The number of carbonyl (C=O) groups is 10. The Kier molecular flexibility index (Phi) is 23.2. The number of nitrogens with zero attached hydrogens (tertiary/aromatic N) is 2. The number of aliphatic hydroxyl groups is 3. The molecule has 0 spiro atoms. The molecule has 8 amide bonds. The molecule has 0 unspecified atom stereocenters. The number of aliphatic hydroxyl groups excluding tert-OH is 3. The highest BCUT2D eigenvalue weighted by Gasteiger charge is 2.46. The molecule has 68 heavy (non-hydrogen) atoms. The van der Waals surface area contributed by atoms with E-state index in [0.717, 1.165) is 6.92 Å². The Morgan fingerprint density at radius 3 is 1.85 bits per heavy atom. The molecule has 0 aliphatic carbocycles.